The highest BCUT2D eigenvalue weighted by molar-refractivity contribution is 5.93. The summed E-state index contributed by atoms with van der Waals surface area (Å²) in [5, 5.41) is 0. The molecule has 4 rings (SSSR count). The number of amides is 1. The lowest BCUT2D eigenvalue weighted by atomic mass is 10.0. The number of aromatic nitrogens is 2. The van der Waals surface area contributed by atoms with Crippen LogP contribution in [-0.2, 0) is 9.47 Å². The van der Waals surface area contributed by atoms with E-state index in [2.05, 4.69) is 9.97 Å². The van der Waals surface area contributed by atoms with Gasteiger partial charge >= 0.3 is 5.69 Å². The summed E-state index contributed by atoms with van der Waals surface area (Å²) in [4.78, 5) is 33.2. The highest BCUT2D eigenvalue weighted by atomic mass is 16.7. The number of methoxy groups -OCH3 is 1. The number of H-pyrrole nitrogens is 1. The molecule has 1 aromatic heterocycles. The molecule has 2 fully saturated rings. The molecule has 0 atom stereocenters. The van der Waals surface area contributed by atoms with Crippen LogP contribution in [-0.4, -0.2) is 60.0 Å². The number of ether oxygens (including phenoxy) is 3. The van der Waals surface area contributed by atoms with Crippen LogP contribution in [0.1, 0.15) is 23.3 Å². The Morgan fingerprint density at radius 3 is 2.67 bits per heavy atom. The Bertz CT molecular complexity index is 894. The van der Waals surface area contributed by atoms with Gasteiger partial charge in [0, 0.05) is 31.5 Å². The van der Waals surface area contributed by atoms with Gasteiger partial charge in [-0.25, -0.2) is 4.79 Å². The summed E-state index contributed by atoms with van der Waals surface area (Å²) in [6.07, 6.45) is 1.24. The average molecular weight is 371 g/mol. The van der Waals surface area contributed by atoms with Crippen LogP contribution < -0.4 is 10.4 Å². The number of nitrogens with zero attached hydrogens (tertiary/aromatic N) is 2. The Hall–Kier alpha value is -2.71. The van der Waals surface area contributed by atoms with Crippen molar-refractivity contribution in [2.75, 3.05) is 33.4 Å². The van der Waals surface area contributed by atoms with Crippen LogP contribution in [0.2, 0.25) is 0 Å². The van der Waals surface area contributed by atoms with Gasteiger partial charge in [0.25, 0.3) is 5.91 Å². The first-order valence-electron chi connectivity index (χ1n) is 8.92. The molecule has 0 bridgehead atoms. The number of carbonyl (C=O) groups excluding carboxylic acids is 1. The van der Waals surface area contributed by atoms with Gasteiger partial charge in [0.15, 0.2) is 5.79 Å². The minimum atomic E-state index is -0.561. The maximum absolute atomic E-state index is 12.9. The molecule has 8 nitrogen and oxygen atoms in total. The molecule has 1 spiro atoms. The number of piperidine rings is 1. The fourth-order valence-corrected chi connectivity index (χ4v) is 3.51. The third kappa shape index (κ3) is 3.58. The standard InChI is InChI=1S/C19H21N3O5/c1-25-14-4-2-3-13(11-14)15-12-16(21-18(24)20-15)17(23)22-7-5-19(6-8-22)26-9-10-27-19/h2-4,11-12H,5-10H2,1H3,(H,20,21,24). The first-order valence-corrected chi connectivity index (χ1v) is 8.92. The van der Waals surface area contributed by atoms with E-state index < -0.39 is 11.5 Å². The molecule has 3 heterocycles. The van der Waals surface area contributed by atoms with E-state index >= 15 is 0 Å². The molecule has 2 aliphatic rings. The van der Waals surface area contributed by atoms with E-state index in [4.69, 9.17) is 14.2 Å². The van der Waals surface area contributed by atoms with Crippen molar-refractivity contribution >= 4 is 5.91 Å². The van der Waals surface area contributed by atoms with Crippen LogP contribution >= 0.6 is 0 Å². The molecule has 142 valence electrons. The van der Waals surface area contributed by atoms with Crippen molar-refractivity contribution in [3.63, 3.8) is 0 Å². The number of hydrogen-bond acceptors (Lipinski definition) is 6. The van der Waals surface area contributed by atoms with Gasteiger partial charge in [0.05, 0.1) is 26.0 Å². The second kappa shape index (κ2) is 7.13. The first-order chi connectivity index (χ1) is 13.1. The predicted molar refractivity (Wildman–Crippen MR) is 96.6 cm³/mol. The molecule has 27 heavy (non-hydrogen) atoms. The van der Waals surface area contributed by atoms with Crippen LogP contribution in [0.4, 0.5) is 0 Å². The number of nitrogens with one attached hydrogen (secondary N) is 1. The van der Waals surface area contributed by atoms with Crippen LogP contribution in [0, 0.1) is 0 Å². The summed E-state index contributed by atoms with van der Waals surface area (Å²) in [6, 6.07) is 8.81. The van der Waals surface area contributed by atoms with Crippen LogP contribution in [0.25, 0.3) is 11.3 Å². The van der Waals surface area contributed by atoms with Crippen LogP contribution in [0.15, 0.2) is 35.1 Å². The summed E-state index contributed by atoms with van der Waals surface area (Å²) in [5.74, 6) is -0.124. The van der Waals surface area contributed by atoms with Crippen molar-refractivity contribution in [2.45, 2.75) is 18.6 Å². The maximum atomic E-state index is 12.9. The van der Waals surface area contributed by atoms with E-state index in [0.717, 1.165) is 0 Å². The van der Waals surface area contributed by atoms with Crippen molar-refractivity contribution in [2.24, 2.45) is 0 Å². The summed E-state index contributed by atoms with van der Waals surface area (Å²) in [5.41, 5.74) is 0.795. The second-order valence-corrected chi connectivity index (χ2v) is 6.62. The summed E-state index contributed by atoms with van der Waals surface area (Å²) < 4.78 is 16.6. The number of likely N-dealkylation sites (tertiary alicyclic amines) is 1. The third-order valence-corrected chi connectivity index (χ3v) is 4.97. The molecule has 2 saturated heterocycles. The molecule has 0 saturated carbocycles. The maximum Gasteiger partial charge on any atom is 0.346 e. The van der Waals surface area contributed by atoms with Crippen molar-refractivity contribution in [3.8, 4) is 17.0 Å². The molecule has 2 aliphatic heterocycles. The molecule has 0 unspecified atom stereocenters. The monoisotopic (exact) mass is 371 g/mol. The fourth-order valence-electron chi connectivity index (χ4n) is 3.51. The average Bonchev–Trinajstić information content (AvgIpc) is 3.15. The van der Waals surface area contributed by atoms with E-state index in [1.807, 2.05) is 12.1 Å². The number of hydrogen-bond donors (Lipinski definition) is 1. The Morgan fingerprint density at radius 1 is 1.22 bits per heavy atom. The van der Waals surface area contributed by atoms with Gasteiger partial charge in [0.1, 0.15) is 11.4 Å². The minimum Gasteiger partial charge on any atom is -0.497 e. The lowest BCUT2D eigenvalue weighted by molar-refractivity contribution is -0.181. The Kier molecular flexibility index (Phi) is 4.67. The van der Waals surface area contributed by atoms with Gasteiger partial charge in [-0.2, -0.15) is 4.98 Å². The second-order valence-electron chi connectivity index (χ2n) is 6.62. The number of aromatic amines is 1. The summed E-state index contributed by atoms with van der Waals surface area (Å²) in [7, 11) is 1.57. The molecular formula is C19H21N3O5. The topological polar surface area (TPSA) is 93.8 Å². The van der Waals surface area contributed by atoms with Crippen molar-refractivity contribution in [1.29, 1.82) is 0 Å². The zero-order chi connectivity index (χ0) is 18.9. The van der Waals surface area contributed by atoms with Gasteiger partial charge in [-0.3, -0.25) is 4.79 Å². The molecule has 1 N–H and O–H groups in total. The largest absolute Gasteiger partial charge is 0.497 e. The van der Waals surface area contributed by atoms with E-state index in [9.17, 15) is 9.59 Å². The fraction of sp³-hybridized carbons (Fsp3) is 0.421. The van der Waals surface area contributed by atoms with Crippen molar-refractivity contribution in [3.05, 3.63) is 46.5 Å². The quantitative estimate of drug-likeness (QED) is 0.877. The smallest absolute Gasteiger partial charge is 0.346 e. The zero-order valence-electron chi connectivity index (χ0n) is 15.1. The number of rotatable bonds is 3. The Balaban J connectivity index is 1.56. The highest BCUT2D eigenvalue weighted by Gasteiger charge is 2.41. The van der Waals surface area contributed by atoms with Gasteiger partial charge in [-0.05, 0) is 18.2 Å². The van der Waals surface area contributed by atoms with Gasteiger partial charge in [0.2, 0.25) is 0 Å². The van der Waals surface area contributed by atoms with E-state index in [1.165, 1.54) is 0 Å². The molecule has 1 aromatic carbocycles. The van der Waals surface area contributed by atoms with Gasteiger partial charge in [-0.15, -0.1) is 0 Å². The van der Waals surface area contributed by atoms with Crippen molar-refractivity contribution < 1.29 is 19.0 Å². The lowest BCUT2D eigenvalue weighted by Gasteiger charge is -2.37. The molecular weight excluding hydrogens is 350 g/mol. The SMILES string of the molecule is COc1cccc(-c2cc(C(=O)N3CCC4(CC3)OCCO4)[nH]c(=O)n2)c1. The van der Waals surface area contributed by atoms with Crippen molar-refractivity contribution in [1.82, 2.24) is 14.9 Å². The minimum absolute atomic E-state index is 0.219. The predicted octanol–water partition coefficient (Wildman–Crippen LogP) is 1.42. The van der Waals surface area contributed by atoms with E-state index in [-0.39, 0.29) is 11.6 Å². The summed E-state index contributed by atoms with van der Waals surface area (Å²) in [6.45, 7) is 2.21. The lowest BCUT2D eigenvalue weighted by Crippen LogP contribution is -2.47. The number of benzene rings is 1. The van der Waals surface area contributed by atoms with Crippen LogP contribution in [0.3, 0.4) is 0 Å². The van der Waals surface area contributed by atoms with Gasteiger partial charge < -0.3 is 24.1 Å². The third-order valence-electron chi connectivity index (χ3n) is 4.97. The molecule has 1 amide bonds. The Morgan fingerprint density at radius 2 is 1.96 bits per heavy atom. The van der Waals surface area contributed by atoms with Gasteiger partial charge in [-0.1, -0.05) is 12.1 Å². The molecule has 8 heteroatoms. The Labute approximate surface area is 156 Å². The molecule has 0 aliphatic carbocycles. The zero-order valence-corrected chi connectivity index (χ0v) is 15.1. The summed E-state index contributed by atoms with van der Waals surface area (Å²) >= 11 is 0. The first kappa shape index (κ1) is 17.7. The number of carbonyl (C=O) groups is 1. The van der Waals surface area contributed by atoms with E-state index in [1.54, 1.807) is 30.2 Å². The van der Waals surface area contributed by atoms with E-state index in [0.29, 0.717) is 56.2 Å². The van der Waals surface area contributed by atoms with Crippen LogP contribution in [0.5, 0.6) is 5.75 Å². The molecule has 2 aromatic rings. The molecule has 0 radical (unpaired) electrons. The highest BCUT2D eigenvalue weighted by Crippen LogP contribution is 2.31. The normalized spacial score (nSPS) is 18.6.